The van der Waals surface area contributed by atoms with E-state index in [1.54, 1.807) is 7.11 Å². The highest BCUT2D eigenvalue weighted by Gasteiger charge is 2.40. The van der Waals surface area contributed by atoms with Crippen molar-refractivity contribution in [2.24, 2.45) is 5.41 Å². The summed E-state index contributed by atoms with van der Waals surface area (Å²) >= 11 is 0. The Balaban J connectivity index is 1.62. The predicted octanol–water partition coefficient (Wildman–Crippen LogP) is 2.45. The zero-order valence-electron chi connectivity index (χ0n) is 14.7. The first-order valence-electron chi connectivity index (χ1n) is 8.90. The molecule has 2 fully saturated rings. The van der Waals surface area contributed by atoms with Gasteiger partial charge in [0.05, 0.1) is 13.2 Å². The zero-order chi connectivity index (χ0) is 17.0. The largest absolute Gasteiger partial charge is 0.493 e. The number of hydrogen-bond donors (Lipinski definition) is 1. The fourth-order valence-electron chi connectivity index (χ4n) is 3.85. The van der Waals surface area contributed by atoms with Gasteiger partial charge >= 0.3 is 0 Å². The second-order valence-electron chi connectivity index (χ2n) is 7.08. The number of rotatable bonds is 5. The molecule has 2 heterocycles. The van der Waals surface area contributed by atoms with Gasteiger partial charge in [-0.15, -0.1) is 0 Å². The number of carbonyl (C=O) groups excluding carboxylic acids is 1. The van der Waals surface area contributed by atoms with Crippen LogP contribution in [0, 0.1) is 5.41 Å². The molecule has 2 aliphatic rings. The van der Waals surface area contributed by atoms with Gasteiger partial charge in [-0.05, 0) is 56.8 Å². The first-order chi connectivity index (χ1) is 11.6. The van der Waals surface area contributed by atoms with Crippen molar-refractivity contribution < 1.29 is 14.3 Å². The van der Waals surface area contributed by atoms with Gasteiger partial charge in [-0.3, -0.25) is 4.79 Å². The van der Waals surface area contributed by atoms with Crippen LogP contribution in [-0.2, 0) is 4.79 Å². The minimum atomic E-state index is 0.0643. The van der Waals surface area contributed by atoms with Crippen LogP contribution in [0.3, 0.4) is 0 Å². The maximum absolute atomic E-state index is 12.4. The van der Waals surface area contributed by atoms with Gasteiger partial charge < -0.3 is 19.7 Å². The summed E-state index contributed by atoms with van der Waals surface area (Å²) in [7, 11) is 1.64. The fraction of sp³-hybridized carbons (Fsp3) is 0.632. The standard InChI is InChI=1S/C19H28N2O3/c1-15(13-24-17-6-4-3-5-16(17)23-2)21-14-19(8-7-18(21)22)9-11-20-12-10-19/h3-6,15,20H,7-14H2,1-2H3/t15-/m0/s1. The average Bonchev–Trinajstić information content (AvgIpc) is 2.63. The third-order valence-corrected chi connectivity index (χ3v) is 5.44. The normalized spacial score (nSPS) is 21.6. The number of amides is 1. The number of methoxy groups -OCH3 is 1. The van der Waals surface area contributed by atoms with Gasteiger partial charge in [-0.25, -0.2) is 0 Å². The van der Waals surface area contributed by atoms with Crippen LogP contribution in [0.5, 0.6) is 11.5 Å². The summed E-state index contributed by atoms with van der Waals surface area (Å²) in [5, 5.41) is 3.43. The second kappa shape index (κ2) is 7.43. The highest BCUT2D eigenvalue weighted by atomic mass is 16.5. The predicted molar refractivity (Wildman–Crippen MR) is 93.4 cm³/mol. The molecule has 1 aromatic carbocycles. The molecule has 1 aromatic rings. The van der Waals surface area contributed by atoms with E-state index in [0.717, 1.165) is 50.4 Å². The maximum Gasteiger partial charge on any atom is 0.222 e. The molecule has 0 aromatic heterocycles. The van der Waals surface area contributed by atoms with Crippen LogP contribution in [0.15, 0.2) is 24.3 Å². The average molecular weight is 332 g/mol. The first-order valence-corrected chi connectivity index (χ1v) is 8.90. The van der Waals surface area contributed by atoms with E-state index in [4.69, 9.17) is 9.47 Å². The van der Waals surface area contributed by atoms with Crippen molar-refractivity contribution >= 4 is 5.91 Å². The van der Waals surface area contributed by atoms with Gasteiger partial charge in [0.15, 0.2) is 11.5 Å². The molecule has 132 valence electrons. The molecule has 0 aliphatic carbocycles. The summed E-state index contributed by atoms with van der Waals surface area (Å²) in [6.07, 6.45) is 4.02. The van der Waals surface area contributed by atoms with Crippen LogP contribution in [0.1, 0.15) is 32.6 Å². The van der Waals surface area contributed by atoms with E-state index in [-0.39, 0.29) is 11.9 Å². The van der Waals surface area contributed by atoms with Gasteiger partial charge in [-0.1, -0.05) is 12.1 Å². The Bertz CT molecular complexity index is 569. The second-order valence-corrected chi connectivity index (χ2v) is 7.08. The molecular formula is C19H28N2O3. The fourth-order valence-corrected chi connectivity index (χ4v) is 3.85. The lowest BCUT2D eigenvalue weighted by Crippen LogP contribution is -2.54. The molecular weight excluding hydrogens is 304 g/mol. The number of carbonyl (C=O) groups is 1. The van der Waals surface area contributed by atoms with Crippen molar-refractivity contribution in [1.29, 1.82) is 0 Å². The molecule has 5 heteroatoms. The molecule has 5 nitrogen and oxygen atoms in total. The topological polar surface area (TPSA) is 50.8 Å². The van der Waals surface area contributed by atoms with Gasteiger partial charge in [-0.2, -0.15) is 0 Å². The number of ether oxygens (including phenoxy) is 2. The molecule has 1 atom stereocenters. The van der Waals surface area contributed by atoms with Crippen molar-refractivity contribution in [3.63, 3.8) is 0 Å². The Hall–Kier alpha value is -1.75. The molecule has 1 N–H and O–H groups in total. The highest BCUT2D eigenvalue weighted by molar-refractivity contribution is 5.77. The van der Waals surface area contributed by atoms with Crippen molar-refractivity contribution in [2.75, 3.05) is 33.4 Å². The van der Waals surface area contributed by atoms with Gasteiger partial charge in [0.25, 0.3) is 0 Å². The summed E-state index contributed by atoms with van der Waals surface area (Å²) in [5.74, 6) is 1.72. The van der Waals surface area contributed by atoms with E-state index < -0.39 is 0 Å². The van der Waals surface area contributed by atoms with Crippen LogP contribution in [0.4, 0.5) is 0 Å². The zero-order valence-corrected chi connectivity index (χ0v) is 14.7. The molecule has 2 saturated heterocycles. The Kier molecular flexibility index (Phi) is 5.29. The van der Waals surface area contributed by atoms with Crippen LogP contribution in [0.25, 0.3) is 0 Å². The van der Waals surface area contributed by atoms with Crippen LogP contribution < -0.4 is 14.8 Å². The summed E-state index contributed by atoms with van der Waals surface area (Å²) in [6, 6.07) is 7.70. The Morgan fingerprint density at radius 1 is 1.21 bits per heavy atom. The van der Waals surface area contributed by atoms with Crippen LogP contribution in [-0.4, -0.2) is 50.2 Å². The number of nitrogens with one attached hydrogen (secondary N) is 1. The lowest BCUT2D eigenvalue weighted by Gasteiger charge is -2.47. The third-order valence-electron chi connectivity index (χ3n) is 5.44. The number of hydrogen-bond acceptors (Lipinski definition) is 4. The highest BCUT2D eigenvalue weighted by Crippen LogP contribution is 2.39. The van der Waals surface area contributed by atoms with E-state index in [9.17, 15) is 4.79 Å². The van der Waals surface area contributed by atoms with Crippen molar-refractivity contribution in [1.82, 2.24) is 10.2 Å². The molecule has 2 aliphatic heterocycles. The summed E-state index contributed by atoms with van der Waals surface area (Å²) < 4.78 is 11.3. The summed E-state index contributed by atoms with van der Waals surface area (Å²) in [5.41, 5.74) is 0.303. The SMILES string of the molecule is COc1ccccc1OC[C@H](C)N1CC2(CCNCC2)CCC1=O. The van der Waals surface area contributed by atoms with Gasteiger partial charge in [0.1, 0.15) is 6.61 Å². The monoisotopic (exact) mass is 332 g/mol. The van der Waals surface area contributed by atoms with E-state index in [1.165, 1.54) is 0 Å². The smallest absolute Gasteiger partial charge is 0.222 e. The summed E-state index contributed by atoms with van der Waals surface area (Å²) in [4.78, 5) is 14.5. The maximum atomic E-state index is 12.4. The number of nitrogens with zero attached hydrogens (tertiary/aromatic N) is 1. The van der Waals surface area contributed by atoms with E-state index in [1.807, 2.05) is 29.2 Å². The quantitative estimate of drug-likeness (QED) is 0.900. The molecule has 24 heavy (non-hydrogen) atoms. The van der Waals surface area contributed by atoms with E-state index >= 15 is 0 Å². The van der Waals surface area contributed by atoms with Crippen molar-refractivity contribution in [3.05, 3.63) is 24.3 Å². The first kappa shape index (κ1) is 17.1. The summed E-state index contributed by atoms with van der Waals surface area (Å²) in [6.45, 7) is 5.56. The Morgan fingerprint density at radius 2 is 1.92 bits per heavy atom. The Morgan fingerprint density at radius 3 is 2.62 bits per heavy atom. The van der Waals surface area contributed by atoms with E-state index in [2.05, 4.69) is 12.2 Å². The lowest BCUT2D eigenvalue weighted by molar-refractivity contribution is -0.141. The number of likely N-dealkylation sites (tertiary alicyclic amines) is 1. The number of benzene rings is 1. The molecule has 0 bridgehead atoms. The van der Waals surface area contributed by atoms with Gasteiger partial charge in [0, 0.05) is 13.0 Å². The van der Waals surface area contributed by atoms with Crippen molar-refractivity contribution in [3.8, 4) is 11.5 Å². The lowest BCUT2D eigenvalue weighted by atomic mass is 9.72. The van der Waals surface area contributed by atoms with Gasteiger partial charge in [0.2, 0.25) is 5.91 Å². The molecule has 0 saturated carbocycles. The van der Waals surface area contributed by atoms with Crippen LogP contribution >= 0.6 is 0 Å². The Labute approximate surface area is 144 Å². The molecule has 0 radical (unpaired) electrons. The minimum Gasteiger partial charge on any atom is -0.493 e. The molecule has 1 amide bonds. The molecule has 0 unspecified atom stereocenters. The number of para-hydroxylation sites is 2. The number of piperidine rings is 2. The molecule has 3 rings (SSSR count). The van der Waals surface area contributed by atoms with E-state index in [0.29, 0.717) is 18.4 Å². The molecule has 1 spiro atoms. The van der Waals surface area contributed by atoms with Crippen molar-refractivity contribution in [2.45, 2.75) is 38.6 Å². The minimum absolute atomic E-state index is 0.0643. The third kappa shape index (κ3) is 3.66. The van der Waals surface area contributed by atoms with Crippen LogP contribution in [0.2, 0.25) is 0 Å².